The standard InChI is InChI=1S/C40H44F2O10/c1-27(2)37(43)49-25-11-7-5-9-23-47-31-17-13-29(14-18-31)39(45)51-33-21-22-34(36(42)35(33)41)52-40(46)30-15-19-32(20-16-30)48-24-10-6-8-12-26-50-38(44)28(3)4/h13-22H,1,3,5-12,23-26H2,2,4H3. The molecular weight excluding hydrogens is 678 g/mol. The van der Waals surface area contributed by atoms with Crippen LogP contribution in [-0.2, 0) is 19.1 Å². The number of hydrogen-bond donors (Lipinski definition) is 0. The molecule has 3 rings (SSSR count). The van der Waals surface area contributed by atoms with Crippen molar-refractivity contribution in [2.75, 3.05) is 26.4 Å². The molecule has 0 spiro atoms. The van der Waals surface area contributed by atoms with E-state index < -0.39 is 47.0 Å². The summed E-state index contributed by atoms with van der Waals surface area (Å²) in [6, 6.07) is 14.0. The molecule has 0 aliphatic carbocycles. The summed E-state index contributed by atoms with van der Waals surface area (Å²) in [7, 11) is 0. The van der Waals surface area contributed by atoms with Crippen LogP contribution in [0.1, 0.15) is 85.9 Å². The van der Waals surface area contributed by atoms with Crippen LogP contribution in [0.4, 0.5) is 8.78 Å². The molecule has 3 aromatic rings. The summed E-state index contributed by atoms with van der Waals surface area (Å²) in [5, 5.41) is 0. The van der Waals surface area contributed by atoms with Gasteiger partial charge in [-0.05, 0) is 126 Å². The van der Waals surface area contributed by atoms with Gasteiger partial charge >= 0.3 is 23.9 Å². The van der Waals surface area contributed by atoms with Crippen molar-refractivity contribution in [3.05, 3.63) is 108 Å². The monoisotopic (exact) mass is 722 g/mol. The predicted molar refractivity (Wildman–Crippen MR) is 189 cm³/mol. The number of carbonyl (C=O) groups excluding carboxylic acids is 4. The van der Waals surface area contributed by atoms with Crippen molar-refractivity contribution in [2.45, 2.75) is 65.2 Å². The van der Waals surface area contributed by atoms with Crippen LogP contribution < -0.4 is 18.9 Å². The Kier molecular flexibility index (Phi) is 17.0. The van der Waals surface area contributed by atoms with Crippen LogP contribution in [0, 0.1) is 11.6 Å². The molecule has 3 aromatic carbocycles. The molecule has 0 radical (unpaired) electrons. The Morgan fingerprint density at radius 3 is 1.15 bits per heavy atom. The molecule has 0 heterocycles. The van der Waals surface area contributed by atoms with E-state index in [9.17, 15) is 28.0 Å². The van der Waals surface area contributed by atoms with E-state index in [4.69, 9.17) is 28.4 Å². The van der Waals surface area contributed by atoms with Gasteiger partial charge in [-0.3, -0.25) is 0 Å². The number of unbranched alkanes of at least 4 members (excludes halogenated alkanes) is 6. The second-order valence-electron chi connectivity index (χ2n) is 11.9. The summed E-state index contributed by atoms with van der Waals surface area (Å²) in [5.41, 5.74) is 0.900. The molecule has 0 fully saturated rings. The van der Waals surface area contributed by atoms with E-state index in [0.29, 0.717) is 49.1 Å². The van der Waals surface area contributed by atoms with Crippen LogP contribution >= 0.6 is 0 Å². The minimum atomic E-state index is -1.50. The normalized spacial score (nSPS) is 10.5. The third kappa shape index (κ3) is 14.0. The topological polar surface area (TPSA) is 124 Å². The quantitative estimate of drug-likeness (QED) is 0.0432. The van der Waals surface area contributed by atoms with Gasteiger partial charge in [-0.25, -0.2) is 19.2 Å². The Bertz CT molecular complexity index is 1560. The van der Waals surface area contributed by atoms with Gasteiger partial charge in [-0.2, -0.15) is 8.78 Å². The van der Waals surface area contributed by atoms with E-state index in [1.165, 1.54) is 24.3 Å². The lowest BCUT2D eigenvalue weighted by molar-refractivity contribution is -0.139. The highest BCUT2D eigenvalue weighted by Gasteiger charge is 2.21. The van der Waals surface area contributed by atoms with Gasteiger partial charge in [0.25, 0.3) is 0 Å². The van der Waals surface area contributed by atoms with E-state index in [1.807, 2.05) is 0 Å². The van der Waals surface area contributed by atoms with Gasteiger partial charge in [0.2, 0.25) is 11.6 Å². The first-order valence-electron chi connectivity index (χ1n) is 17.0. The minimum Gasteiger partial charge on any atom is -0.494 e. The third-order valence-corrected chi connectivity index (χ3v) is 7.37. The van der Waals surface area contributed by atoms with Gasteiger partial charge in [0, 0.05) is 11.1 Å². The minimum absolute atomic E-state index is 0.0817. The van der Waals surface area contributed by atoms with Gasteiger partial charge in [-0.1, -0.05) is 13.2 Å². The zero-order chi connectivity index (χ0) is 37.9. The second-order valence-corrected chi connectivity index (χ2v) is 11.9. The Labute approximate surface area is 302 Å². The van der Waals surface area contributed by atoms with E-state index in [-0.39, 0.29) is 11.1 Å². The summed E-state index contributed by atoms with van der Waals surface area (Å²) >= 11 is 0. The van der Waals surface area contributed by atoms with Gasteiger partial charge in [0.05, 0.1) is 37.6 Å². The lowest BCUT2D eigenvalue weighted by Crippen LogP contribution is -2.12. The third-order valence-electron chi connectivity index (χ3n) is 7.37. The molecule has 0 amide bonds. The Morgan fingerprint density at radius 1 is 0.500 bits per heavy atom. The molecular formula is C40H44F2O10. The fourth-order valence-electron chi connectivity index (χ4n) is 4.44. The number of hydrogen-bond acceptors (Lipinski definition) is 10. The van der Waals surface area contributed by atoms with E-state index in [0.717, 1.165) is 63.5 Å². The number of benzene rings is 3. The lowest BCUT2D eigenvalue weighted by Gasteiger charge is -2.11. The maximum absolute atomic E-state index is 14.8. The molecule has 0 aromatic heterocycles. The average Bonchev–Trinajstić information content (AvgIpc) is 3.13. The first-order chi connectivity index (χ1) is 25.0. The van der Waals surface area contributed by atoms with Gasteiger partial charge in [-0.15, -0.1) is 0 Å². The van der Waals surface area contributed by atoms with Gasteiger partial charge in [0.1, 0.15) is 11.5 Å². The summed E-state index contributed by atoms with van der Waals surface area (Å²) in [5.74, 6) is -5.95. The number of ether oxygens (including phenoxy) is 6. The number of rotatable bonds is 22. The van der Waals surface area contributed by atoms with Crippen LogP contribution in [0.5, 0.6) is 23.0 Å². The highest BCUT2D eigenvalue weighted by molar-refractivity contribution is 5.92. The molecule has 0 unspecified atom stereocenters. The van der Waals surface area contributed by atoms with Crippen LogP contribution in [0.3, 0.4) is 0 Å². The molecule has 12 heteroatoms. The molecule has 0 aliphatic rings. The number of halogens is 2. The molecule has 0 saturated heterocycles. The Balaban J connectivity index is 1.38. The molecule has 0 aliphatic heterocycles. The van der Waals surface area contributed by atoms with E-state index >= 15 is 0 Å². The summed E-state index contributed by atoms with van der Waals surface area (Å²) in [6.45, 7) is 11.8. The van der Waals surface area contributed by atoms with Crippen molar-refractivity contribution in [1.82, 2.24) is 0 Å². The molecule has 0 atom stereocenters. The Morgan fingerprint density at radius 2 is 0.827 bits per heavy atom. The second kappa shape index (κ2) is 21.6. The van der Waals surface area contributed by atoms with Gasteiger partial charge < -0.3 is 28.4 Å². The maximum atomic E-state index is 14.8. The largest absolute Gasteiger partial charge is 0.494 e. The van der Waals surface area contributed by atoms with E-state index in [1.54, 1.807) is 38.1 Å². The smallest absolute Gasteiger partial charge is 0.343 e. The van der Waals surface area contributed by atoms with Crippen LogP contribution in [0.2, 0.25) is 0 Å². The highest BCUT2D eigenvalue weighted by Crippen LogP contribution is 2.29. The predicted octanol–water partition coefficient (Wildman–Crippen LogP) is 8.52. The SMILES string of the molecule is C=C(C)C(=O)OCCCCCCOc1ccc(C(=O)Oc2ccc(OC(=O)c3ccc(OCCCCCCOC(=O)C(=C)C)cc3)c(F)c2F)cc1. The number of esters is 4. The molecule has 278 valence electrons. The molecule has 0 N–H and O–H groups in total. The summed E-state index contributed by atoms with van der Waals surface area (Å²) in [4.78, 5) is 47.9. The van der Waals surface area contributed by atoms with Crippen LogP contribution in [-0.4, -0.2) is 50.3 Å². The summed E-state index contributed by atoms with van der Waals surface area (Å²) < 4.78 is 61.2. The Hall–Kier alpha value is -5.52. The van der Waals surface area contributed by atoms with Crippen molar-refractivity contribution in [3.63, 3.8) is 0 Å². The zero-order valence-electron chi connectivity index (χ0n) is 29.5. The average molecular weight is 723 g/mol. The molecule has 0 saturated carbocycles. The van der Waals surface area contributed by atoms with Crippen molar-refractivity contribution < 1.29 is 56.4 Å². The number of carbonyl (C=O) groups is 4. The highest BCUT2D eigenvalue weighted by atomic mass is 19.2. The lowest BCUT2D eigenvalue weighted by atomic mass is 10.2. The van der Waals surface area contributed by atoms with Crippen molar-refractivity contribution in [3.8, 4) is 23.0 Å². The fourth-order valence-corrected chi connectivity index (χ4v) is 4.44. The van der Waals surface area contributed by atoms with E-state index in [2.05, 4.69) is 13.2 Å². The van der Waals surface area contributed by atoms with Crippen molar-refractivity contribution in [1.29, 1.82) is 0 Å². The van der Waals surface area contributed by atoms with Crippen LogP contribution in [0.15, 0.2) is 85.0 Å². The van der Waals surface area contributed by atoms with Crippen LogP contribution in [0.25, 0.3) is 0 Å². The fraction of sp³-hybridized carbons (Fsp3) is 0.350. The van der Waals surface area contributed by atoms with Gasteiger partial charge in [0.15, 0.2) is 11.5 Å². The first kappa shape index (κ1) is 40.9. The molecule has 52 heavy (non-hydrogen) atoms. The van der Waals surface area contributed by atoms with Crippen molar-refractivity contribution >= 4 is 23.9 Å². The molecule has 0 bridgehead atoms. The summed E-state index contributed by atoms with van der Waals surface area (Å²) in [6.07, 6.45) is 6.51. The first-order valence-corrected chi connectivity index (χ1v) is 17.0. The zero-order valence-corrected chi connectivity index (χ0v) is 29.5. The maximum Gasteiger partial charge on any atom is 0.343 e. The molecule has 10 nitrogen and oxygen atoms in total. The van der Waals surface area contributed by atoms with Crippen molar-refractivity contribution in [2.24, 2.45) is 0 Å².